The Morgan fingerprint density at radius 2 is 2.20 bits per heavy atom. The van der Waals surface area contributed by atoms with E-state index in [1.165, 1.54) is 0 Å². The van der Waals surface area contributed by atoms with Crippen LogP contribution < -0.4 is 14.8 Å². The summed E-state index contributed by atoms with van der Waals surface area (Å²) in [6.07, 6.45) is 2.66. The van der Waals surface area contributed by atoms with Gasteiger partial charge >= 0.3 is 0 Å². The number of fused-ring (bicyclic) bond motifs is 1. The summed E-state index contributed by atoms with van der Waals surface area (Å²) in [5, 5.41) is 6.80. The molecule has 1 atom stereocenters. The van der Waals surface area contributed by atoms with Gasteiger partial charge in [-0.25, -0.2) is 4.98 Å². The molecule has 0 bridgehead atoms. The minimum Gasteiger partial charge on any atom is -0.489 e. The predicted octanol–water partition coefficient (Wildman–Crippen LogP) is 3.27. The van der Waals surface area contributed by atoms with Crippen molar-refractivity contribution in [1.82, 2.24) is 10.3 Å². The van der Waals surface area contributed by atoms with E-state index in [1.54, 1.807) is 17.5 Å². The Kier molecular flexibility index (Phi) is 4.10. The summed E-state index contributed by atoms with van der Waals surface area (Å²) in [7, 11) is 1.91. The topological polar surface area (TPSA) is 43.4 Å². The lowest BCUT2D eigenvalue weighted by Gasteiger charge is -2.17. The van der Waals surface area contributed by atoms with Crippen LogP contribution in [-0.2, 0) is 0 Å². The molecule has 0 radical (unpaired) electrons. The standard InChI is InChI=1S/C14H15ClN2O2S/c1-16-12(14-17-3-6-20-14)9-7-10(15)13-11(8-9)18-4-2-5-19-13/h3,6-8,12,16H,2,4-5H2,1H3. The summed E-state index contributed by atoms with van der Waals surface area (Å²) in [5.74, 6) is 1.35. The molecule has 3 rings (SSSR count). The Labute approximate surface area is 126 Å². The first kappa shape index (κ1) is 13.7. The average Bonchev–Trinajstić information content (AvgIpc) is 2.85. The van der Waals surface area contributed by atoms with Gasteiger partial charge in [0.1, 0.15) is 5.01 Å². The highest BCUT2D eigenvalue weighted by Crippen LogP contribution is 2.40. The lowest BCUT2D eigenvalue weighted by atomic mass is 10.1. The smallest absolute Gasteiger partial charge is 0.179 e. The van der Waals surface area contributed by atoms with E-state index >= 15 is 0 Å². The first-order valence-electron chi connectivity index (χ1n) is 6.45. The fourth-order valence-corrected chi connectivity index (χ4v) is 3.27. The molecule has 0 saturated carbocycles. The molecule has 2 heterocycles. The van der Waals surface area contributed by atoms with E-state index in [0.29, 0.717) is 29.7 Å². The summed E-state index contributed by atoms with van der Waals surface area (Å²) in [4.78, 5) is 4.36. The van der Waals surface area contributed by atoms with Gasteiger partial charge in [0.2, 0.25) is 0 Å². The van der Waals surface area contributed by atoms with Crippen molar-refractivity contribution in [1.29, 1.82) is 0 Å². The summed E-state index contributed by atoms with van der Waals surface area (Å²) < 4.78 is 11.4. The second kappa shape index (κ2) is 5.99. The normalized spacial score (nSPS) is 15.7. The van der Waals surface area contributed by atoms with Crippen LogP contribution in [0, 0.1) is 0 Å². The molecular weight excluding hydrogens is 296 g/mol. The fraction of sp³-hybridized carbons (Fsp3) is 0.357. The Hall–Kier alpha value is -1.30. The number of thiazole rings is 1. The van der Waals surface area contributed by atoms with Crippen molar-refractivity contribution < 1.29 is 9.47 Å². The molecule has 1 unspecified atom stereocenters. The molecule has 2 aromatic rings. The van der Waals surface area contributed by atoms with Crippen molar-refractivity contribution in [3.63, 3.8) is 0 Å². The second-order valence-corrected chi connectivity index (χ2v) is 5.81. The van der Waals surface area contributed by atoms with Crippen molar-refractivity contribution in [2.45, 2.75) is 12.5 Å². The molecule has 4 nitrogen and oxygen atoms in total. The third kappa shape index (κ3) is 2.61. The lowest BCUT2D eigenvalue weighted by Crippen LogP contribution is -2.17. The van der Waals surface area contributed by atoms with Crippen LogP contribution >= 0.6 is 22.9 Å². The first-order valence-corrected chi connectivity index (χ1v) is 7.71. The highest BCUT2D eigenvalue weighted by atomic mass is 35.5. The average molecular weight is 311 g/mol. The van der Waals surface area contributed by atoms with Crippen molar-refractivity contribution in [2.75, 3.05) is 20.3 Å². The van der Waals surface area contributed by atoms with Crippen LogP contribution in [0.1, 0.15) is 23.0 Å². The number of hydrogen-bond acceptors (Lipinski definition) is 5. The molecule has 0 spiro atoms. The zero-order valence-corrected chi connectivity index (χ0v) is 12.6. The molecule has 1 aromatic heterocycles. The van der Waals surface area contributed by atoms with Gasteiger partial charge in [-0.15, -0.1) is 11.3 Å². The van der Waals surface area contributed by atoms with Crippen LogP contribution in [-0.4, -0.2) is 25.2 Å². The molecule has 1 aliphatic rings. The van der Waals surface area contributed by atoms with Gasteiger partial charge < -0.3 is 14.8 Å². The van der Waals surface area contributed by atoms with E-state index in [4.69, 9.17) is 21.1 Å². The van der Waals surface area contributed by atoms with Gasteiger partial charge in [-0.1, -0.05) is 11.6 Å². The third-order valence-corrected chi connectivity index (χ3v) is 4.27. The van der Waals surface area contributed by atoms with Crippen LogP contribution in [0.25, 0.3) is 0 Å². The van der Waals surface area contributed by atoms with Gasteiger partial charge in [0.15, 0.2) is 11.5 Å². The monoisotopic (exact) mass is 310 g/mol. The van der Waals surface area contributed by atoms with E-state index < -0.39 is 0 Å². The number of nitrogens with one attached hydrogen (secondary N) is 1. The van der Waals surface area contributed by atoms with Crippen LogP contribution in [0.3, 0.4) is 0 Å². The van der Waals surface area contributed by atoms with Crippen molar-refractivity contribution in [2.24, 2.45) is 0 Å². The highest BCUT2D eigenvalue weighted by molar-refractivity contribution is 7.09. The van der Waals surface area contributed by atoms with E-state index in [0.717, 1.165) is 17.0 Å². The van der Waals surface area contributed by atoms with Crippen molar-refractivity contribution in [3.05, 3.63) is 39.3 Å². The van der Waals surface area contributed by atoms with E-state index in [1.807, 2.05) is 24.6 Å². The molecule has 106 valence electrons. The zero-order chi connectivity index (χ0) is 13.9. The Balaban J connectivity index is 2.01. The number of aromatic nitrogens is 1. The number of hydrogen-bond donors (Lipinski definition) is 1. The van der Waals surface area contributed by atoms with E-state index in [-0.39, 0.29) is 6.04 Å². The first-order chi connectivity index (χ1) is 9.79. The Morgan fingerprint density at radius 1 is 1.35 bits per heavy atom. The third-order valence-electron chi connectivity index (χ3n) is 3.14. The maximum Gasteiger partial charge on any atom is 0.179 e. The molecule has 1 N–H and O–H groups in total. The number of halogens is 1. The molecule has 0 aliphatic carbocycles. The maximum absolute atomic E-state index is 6.33. The van der Waals surface area contributed by atoms with Gasteiger partial charge in [0.05, 0.1) is 24.3 Å². The maximum atomic E-state index is 6.33. The predicted molar refractivity (Wildman–Crippen MR) is 80.1 cm³/mol. The van der Waals surface area contributed by atoms with Gasteiger partial charge in [-0.2, -0.15) is 0 Å². The molecule has 6 heteroatoms. The quantitative estimate of drug-likeness (QED) is 0.945. The molecule has 0 saturated heterocycles. The minimum absolute atomic E-state index is 0.00431. The van der Waals surface area contributed by atoms with Crippen molar-refractivity contribution >= 4 is 22.9 Å². The van der Waals surface area contributed by atoms with Gasteiger partial charge in [0.25, 0.3) is 0 Å². The minimum atomic E-state index is 0.00431. The fourth-order valence-electron chi connectivity index (χ4n) is 2.23. The zero-order valence-electron chi connectivity index (χ0n) is 11.1. The highest BCUT2D eigenvalue weighted by Gasteiger charge is 2.21. The molecule has 20 heavy (non-hydrogen) atoms. The van der Waals surface area contributed by atoms with Gasteiger partial charge in [-0.05, 0) is 24.7 Å². The summed E-state index contributed by atoms with van der Waals surface area (Å²) in [5.41, 5.74) is 1.02. The van der Waals surface area contributed by atoms with E-state index in [9.17, 15) is 0 Å². The number of ether oxygens (including phenoxy) is 2. The summed E-state index contributed by atoms with van der Waals surface area (Å²) in [6.45, 7) is 1.28. The summed E-state index contributed by atoms with van der Waals surface area (Å²) >= 11 is 7.94. The Bertz CT molecular complexity index is 589. The van der Waals surface area contributed by atoms with E-state index in [2.05, 4.69) is 10.3 Å². The van der Waals surface area contributed by atoms with Crippen LogP contribution in [0.5, 0.6) is 11.5 Å². The molecule has 0 amide bonds. The second-order valence-electron chi connectivity index (χ2n) is 4.47. The van der Waals surface area contributed by atoms with Crippen molar-refractivity contribution in [3.8, 4) is 11.5 Å². The molecule has 1 aliphatic heterocycles. The lowest BCUT2D eigenvalue weighted by molar-refractivity contribution is 0.297. The van der Waals surface area contributed by atoms with Gasteiger partial charge in [0, 0.05) is 18.0 Å². The SMILES string of the molecule is CNC(c1cc(Cl)c2c(c1)OCCCO2)c1nccs1. The number of nitrogens with zero attached hydrogens (tertiary/aromatic N) is 1. The van der Waals surface area contributed by atoms with Gasteiger partial charge in [-0.3, -0.25) is 0 Å². The largest absolute Gasteiger partial charge is 0.489 e. The molecule has 0 fully saturated rings. The van der Waals surface area contributed by atoms with Crippen LogP contribution in [0.2, 0.25) is 5.02 Å². The molecule has 1 aromatic carbocycles. The van der Waals surface area contributed by atoms with Crippen LogP contribution in [0.15, 0.2) is 23.7 Å². The molecular formula is C14H15ClN2O2S. The number of rotatable bonds is 3. The van der Waals surface area contributed by atoms with Crippen LogP contribution in [0.4, 0.5) is 0 Å². The number of benzene rings is 1. The Morgan fingerprint density at radius 3 is 2.95 bits per heavy atom. The summed E-state index contributed by atoms with van der Waals surface area (Å²) in [6, 6.07) is 3.90.